The van der Waals surface area contributed by atoms with Crippen LogP contribution < -0.4 is 5.32 Å². The Labute approximate surface area is 114 Å². The lowest BCUT2D eigenvalue weighted by Crippen LogP contribution is -2.42. The Morgan fingerprint density at radius 2 is 2.11 bits per heavy atom. The molecule has 0 spiro atoms. The van der Waals surface area contributed by atoms with Crippen molar-refractivity contribution in [3.05, 3.63) is 0 Å². The van der Waals surface area contributed by atoms with Crippen LogP contribution in [0.15, 0.2) is 0 Å². The lowest BCUT2D eigenvalue weighted by atomic mass is 9.76. The quantitative estimate of drug-likeness (QED) is 0.752. The van der Waals surface area contributed by atoms with E-state index in [9.17, 15) is 14.7 Å². The van der Waals surface area contributed by atoms with E-state index in [0.717, 1.165) is 6.54 Å². The molecule has 2 N–H and O–H groups in total. The molecule has 5 heteroatoms. The predicted octanol–water partition coefficient (Wildman–Crippen LogP) is 0.945. The van der Waals surface area contributed by atoms with Gasteiger partial charge in [0.05, 0.1) is 12.0 Å². The van der Waals surface area contributed by atoms with Gasteiger partial charge in [0.2, 0.25) is 5.91 Å². The van der Waals surface area contributed by atoms with Crippen molar-refractivity contribution in [3.63, 3.8) is 0 Å². The topological polar surface area (TPSA) is 69.6 Å². The summed E-state index contributed by atoms with van der Waals surface area (Å²) in [7, 11) is 0. The van der Waals surface area contributed by atoms with Crippen LogP contribution in [-0.4, -0.2) is 48.1 Å². The van der Waals surface area contributed by atoms with E-state index in [1.807, 2.05) is 18.7 Å². The van der Waals surface area contributed by atoms with Gasteiger partial charge in [-0.15, -0.1) is 0 Å². The number of nitrogens with one attached hydrogen (secondary N) is 1. The minimum atomic E-state index is -0.733. The summed E-state index contributed by atoms with van der Waals surface area (Å²) in [6.07, 6.45) is 3.08. The molecule has 1 atom stereocenters. The number of amides is 1. The fraction of sp³-hybridized carbons (Fsp3) is 0.857. The average molecular weight is 268 g/mol. The van der Waals surface area contributed by atoms with Gasteiger partial charge in [0.1, 0.15) is 0 Å². The van der Waals surface area contributed by atoms with E-state index in [-0.39, 0.29) is 11.8 Å². The fourth-order valence-electron chi connectivity index (χ4n) is 2.78. The molecule has 19 heavy (non-hydrogen) atoms. The van der Waals surface area contributed by atoms with Crippen molar-refractivity contribution in [2.45, 2.75) is 33.1 Å². The van der Waals surface area contributed by atoms with Gasteiger partial charge in [-0.05, 0) is 37.6 Å². The summed E-state index contributed by atoms with van der Waals surface area (Å²) in [6.45, 7) is 6.18. The molecule has 0 aromatic rings. The summed E-state index contributed by atoms with van der Waals surface area (Å²) in [5, 5.41) is 12.4. The maximum atomic E-state index is 11.8. The molecule has 1 aliphatic heterocycles. The summed E-state index contributed by atoms with van der Waals surface area (Å²) in [4.78, 5) is 25.2. The first-order valence-corrected chi connectivity index (χ1v) is 7.16. The van der Waals surface area contributed by atoms with Crippen LogP contribution in [0.4, 0.5) is 0 Å². The van der Waals surface area contributed by atoms with Crippen molar-refractivity contribution in [1.82, 2.24) is 10.2 Å². The zero-order valence-electron chi connectivity index (χ0n) is 11.8. The van der Waals surface area contributed by atoms with Crippen molar-refractivity contribution in [1.29, 1.82) is 0 Å². The second kappa shape index (κ2) is 5.49. The molecule has 0 aromatic carbocycles. The van der Waals surface area contributed by atoms with E-state index in [4.69, 9.17) is 0 Å². The van der Waals surface area contributed by atoms with Crippen molar-refractivity contribution >= 4 is 11.9 Å². The Morgan fingerprint density at radius 3 is 2.58 bits per heavy atom. The number of rotatable bonds is 6. The summed E-state index contributed by atoms with van der Waals surface area (Å²) in [5.74, 6) is 0.0565. The number of aliphatic carboxylic acids is 1. The van der Waals surface area contributed by atoms with Crippen LogP contribution in [0.2, 0.25) is 0 Å². The zero-order chi connectivity index (χ0) is 14.0. The number of likely N-dealkylation sites (tertiary alicyclic amines) is 1. The number of hydrogen-bond donors (Lipinski definition) is 2. The number of carbonyl (C=O) groups excluding carboxylic acids is 1. The second-order valence-electron chi connectivity index (χ2n) is 6.32. The maximum Gasteiger partial charge on any atom is 0.311 e. The van der Waals surface area contributed by atoms with Crippen LogP contribution >= 0.6 is 0 Å². The van der Waals surface area contributed by atoms with Crippen LogP contribution in [0, 0.1) is 17.3 Å². The van der Waals surface area contributed by atoms with Crippen LogP contribution in [0.25, 0.3) is 0 Å². The molecular weight excluding hydrogens is 244 g/mol. The van der Waals surface area contributed by atoms with Gasteiger partial charge in [0.25, 0.3) is 0 Å². The third kappa shape index (κ3) is 3.26. The largest absolute Gasteiger partial charge is 0.481 e. The summed E-state index contributed by atoms with van der Waals surface area (Å²) in [5.41, 5.74) is -0.684. The smallest absolute Gasteiger partial charge is 0.311 e. The Bertz CT molecular complexity index is 366. The van der Waals surface area contributed by atoms with Crippen molar-refractivity contribution in [2.24, 2.45) is 17.3 Å². The SMILES string of the molecule is CC(C)C1(C(=O)O)CCN(CC(=O)NCC2CC2)C1. The molecule has 0 aromatic heterocycles. The van der Waals surface area contributed by atoms with Gasteiger partial charge in [0, 0.05) is 13.1 Å². The molecule has 0 bridgehead atoms. The number of hydrogen-bond acceptors (Lipinski definition) is 3. The lowest BCUT2D eigenvalue weighted by Gasteiger charge is -2.28. The fourth-order valence-corrected chi connectivity index (χ4v) is 2.78. The zero-order valence-corrected chi connectivity index (χ0v) is 11.8. The molecule has 0 radical (unpaired) electrons. The average Bonchev–Trinajstić information content (AvgIpc) is 3.06. The molecule has 1 heterocycles. The second-order valence-corrected chi connectivity index (χ2v) is 6.32. The van der Waals surface area contributed by atoms with E-state index < -0.39 is 11.4 Å². The lowest BCUT2D eigenvalue weighted by molar-refractivity contribution is -0.151. The molecule has 1 unspecified atom stereocenters. The minimum Gasteiger partial charge on any atom is -0.481 e. The Morgan fingerprint density at radius 1 is 1.42 bits per heavy atom. The molecular formula is C14H24N2O3. The third-order valence-electron chi connectivity index (χ3n) is 4.56. The number of carboxylic acid groups (broad SMARTS) is 1. The number of carbonyl (C=O) groups is 2. The van der Waals surface area contributed by atoms with Gasteiger partial charge in [-0.25, -0.2) is 0 Å². The molecule has 2 rings (SSSR count). The molecule has 5 nitrogen and oxygen atoms in total. The third-order valence-corrected chi connectivity index (χ3v) is 4.56. The maximum absolute atomic E-state index is 11.8. The summed E-state index contributed by atoms with van der Waals surface area (Å²) >= 11 is 0. The van der Waals surface area contributed by atoms with Crippen LogP contribution in [0.5, 0.6) is 0 Å². The van der Waals surface area contributed by atoms with E-state index in [2.05, 4.69) is 5.32 Å². The molecule has 2 fully saturated rings. The first-order chi connectivity index (χ1) is 8.94. The van der Waals surface area contributed by atoms with Gasteiger partial charge in [0.15, 0.2) is 0 Å². The molecule has 2 aliphatic rings. The molecule has 108 valence electrons. The van der Waals surface area contributed by atoms with Gasteiger partial charge in [-0.3, -0.25) is 14.5 Å². The highest BCUT2D eigenvalue weighted by atomic mass is 16.4. The van der Waals surface area contributed by atoms with Crippen LogP contribution in [-0.2, 0) is 9.59 Å². The highest BCUT2D eigenvalue weighted by Gasteiger charge is 2.47. The first-order valence-electron chi connectivity index (χ1n) is 7.16. The monoisotopic (exact) mass is 268 g/mol. The highest BCUT2D eigenvalue weighted by Crippen LogP contribution is 2.37. The van der Waals surface area contributed by atoms with E-state index in [1.54, 1.807) is 0 Å². The van der Waals surface area contributed by atoms with Gasteiger partial charge in [-0.1, -0.05) is 13.8 Å². The van der Waals surface area contributed by atoms with Gasteiger partial charge < -0.3 is 10.4 Å². The predicted molar refractivity (Wildman–Crippen MR) is 71.7 cm³/mol. The van der Waals surface area contributed by atoms with E-state index in [0.29, 0.717) is 32.0 Å². The molecule has 1 amide bonds. The van der Waals surface area contributed by atoms with Crippen LogP contribution in [0.3, 0.4) is 0 Å². The highest BCUT2D eigenvalue weighted by molar-refractivity contribution is 5.79. The standard InChI is InChI=1S/C14H24N2O3/c1-10(2)14(13(18)19)5-6-16(9-14)8-12(17)15-7-11-3-4-11/h10-11H,3-9H2,1-2H3,(H,15,17)(H,18,19). The summed E-state index contributed by atoms with van der Waals surface area (Å²) < 4.78 is 0. The molecule has 1 saturated carbocycles. The summed E-state index contributed by atoms with van der Waals surface area (Å²) in [6, 6.07) is 0. The van der Waals surface area contributed by atoms with Crippen molar-refractivity contribution in [3.8, 4) is 0 Å². The van der Waals surface area contributed by atoms with E-state index in [1.165, 1.54) is 12.8 Å². The van der Waals surface area contributed by atoms with Crippen molar-refractivity contribution < 1.29 is 14.7 Å². The Hall–Kier alpha value is -1.10. The Balaban J connectivity index is 1.82. The normalized spacial score (nSPS) is 27.7. The van der Waals surface area contributed by atoms with Gasteiger partial charge in [-0.2, -0.15) is 0 Å². The van der Waals surface area contributed by atoms with Gasteiger partial charge >= 0.3 is 5.97 Å². The van der Waals surface area contributed by atoms with Crippen LogP contribution in [0.1, 0.15) is 33.1 Å². The Kier molecular flexibility index (Phi) is 4.13. The van der Waals surface area contributed by atoms with Crippen molar-refractivity contribution in [2.75, 3.05) is 26.2 Å². The van der Waals surface area contributed by atoms with E-state index >= 15 is 0 Å². The molecule has 1 aliphatic carbocycles. The molecule has 1 saturated heterocycles. The first kappa shape index (κ1) is 14.3. The number of nitrogens with zero attached hydrogens (tertiary/aromatic N) is 1. The minimum absolute atomic E-state index is 0.0249. The number of carboxylic acids is 1.